The fourth-order valence-electron chi connectivity index (χ4n) is 9.96. The van der Waals surface area contributed by atoms with E-state index in [1.165, 1.54) is 77.9 Å². The molecule has 0 heterocycles. The number of nitrogens with zero attached hydrogens (tertiary/aromatic N) is 1. The second-order valence-corrected chi connectivity index (χ2v) is 15.2. The number of rotatable bonds is 5. The maximum Gasteiger partial charge on any atom is 0.0726 e. The molecule has 3 aliphatic rings. The number of para-hydroxylation sites is 1. The number of hydrogen-bond donors (Lipinski definition) is 0. The number of hydrogen-bond acceptors (Lipinski definition) is 1. The van der Waals surface area contributed by atoms with Gasteiger partial charge < -0.3 is 4.90 Å². The van der Waals surface area contributed by atoms with Crippen LogP contribution in [0.3, 0.4) is 0 Å². The molecule has 1 nitrogen and oxygen atoms in total. The molecule has 258 valence electrons. The summed E-state index contributed by atoms with van der Waals surface area (Å²) < 4.78 is 0. The van der Waals surface area contributed by atoms with Crippen molar-refractivity contribution in [3.05, 3.63) is 228 Å². The van der Waals surface area contributed by atoms with Gasteiger partial charge in [-0.15, -0.1) is 0 Å². The number of benzene rings is 7. The molecule has 0 saturated heterocycles. The number of anilines is 3. The topological polar surface area (TPSA) is 3.24 Å². The van der Waals surface area contributed by atoms with E-state index >= 15 is 0 Å². The summed E-state index contributed by atoms with van der Waals surface area (Å²) in [6.07, 6.45) is 6.50. The lowest BCUT2D eigenvalue weighted by Crippen LogP contribution is -2.26. The standard InChI is InChI=1S/C53H41N/c1-5-18-46-38(6-2)43-31-29-37(34-50(43)53(46)47-26-15-11-23-41(47)42-24-12-16-27-48(42)53)54(51-28-17-13-21-39(51)35-19-8-7-9-20-35)36-30-32-44-40-22-10-14-25-45(40)52(3,4)49(44)33-36/h5-34H,1H2,2-4H3/b38-6-,46-18+. The Bertz CT molecular complexity index is 2680. The van der Waals surface area contributed by atoms with Gasteiger partial charge in [0.15, 0.2) is 0 Å². The normalized spacial score (nSPS) is 16.5. The van der Waals surface area contributed by atoms with Crippen molar-refractivity contribution in [2.45, 2.75) is 31.6 Å². The van der Waals surface area contributed by atoms with Crippen LogP contribution in [0.4, 0.5) is 17.1 Å². The molecule has 0 N–H and O–H groups in total. The van der Waals surface area contributed by atoms with Crippen LogP contribution in [0.2, 0.25) is 0 Å². The molecule has 0 bridgehead atoms. The van der Waals surface area contributed by atoms with Gasteiger partial charge in [0.05, 0.1) is 11.1 Å². The monoisotopic (exact) mass is 691 g/mol. The molecular weight excluding hydrogens is 651 g/mol. The van der Waals surface area contributed by atoms with Crippen molar-refractivity contribution in [1.82, 2.24) is 0 Å². The van der Waals surface area contributed by atoms with Crippen LogP contribution in [0.25, 0.3) is 39.0 Å². The molecule has 0 aliphatic heterocycles. The molecular formula is C53H41N. The minimum atomic E-state index is -0.485. The van der Waals surface area contributed by atoms with E-state index in [4.69, 9.17) is 0 Å². The molecule has 54 heavy (non-hydrogen) atoms. The molecule has 0 aromatic heterocycles. The third kappa shape index (κ3) is 4.33. The highest BCUT2D eigenvalue weighted by Gasteiger charge is 2.53. The molecule has 0 unspecified atom stereocenters. The highest BCUT2D eigenvalue weighted by molar-refractivity contribution is 6.01. The van der Waals surface area contributed by atoms with E-state index < -0.39 is 5.41 Å². The summed E-state index contributed by atoms with van der Waals surface area (Å²) in [6.45, 7) is 11.1. The van der Waals surface area contributed by atoms with Crippen molar-refractivity contribution < 1.29 is 0 Å². The largest absolute Gasteiger partial charge is 0.310 e. The summed E-state index contributed by atoms with van der Waals surface area (Å²) in [5.41, 5.74) is 20.9. The summed E-state index contributed by atoms with van der Waals surface area (Å²) in [5.74, 6) is 0. The van der Waals surface area contributed by atoms with E-state index in [-0.39, 0.29) is 5.41 Å². The van der Waals surface area contributed by atoms with E-state index in [0.717, 1.165) is 17.1 Å². The molecule has 1 spiro atoms. The van der Waals surface area contributed by atoms with Crippen molar-refractivity contribution in [3.63, 3.8) is 0 Å². The Morgan fingerprint density at radius 2 is 0.981 bits per heavy atom. The van der Waals surface area contributed by atoms with Crippen LogP contribution in [-0.2, 0) is 10.8 Å². The Kier molecular flexibility index (Phi) is 7.19. The Labute approximate surface area is 318 Å². The van der Waals surface area contributed by atoms with Crippen LogP contribution in [-0.4, -0.2) is 0 Å². The van der Waals surface area contributed by atoms with Gasteiger partial charge in [0, 0.05) is 22.4 Å². The van der Waals surface area contributed by atoms with Crippen molar-refractivity contribution in [1.29, 1.82) is 0 Å². The highest BCUT2D eigenvalue weighted by atomic mass is 15.1. The van der Waals surface area contributed by atoms with Crippen molar-refractivity contribution in [2.24, 2.45) is 0 Å². The smallest absolute Gasteiger partial charge is 0.0726 e. The first kappa shape index (κ1) is 32.2. The minimum Gasteiger partial charge on any atom is -0.310 e. The van der Waals surface area contributed by atoms with E-state index in [1.54, 1.807) is 0 Å². The van der Waals surface area contributed by atoms with Gasteiger partial charge in [-0.1, -0.05) is 172 Å². The van der Waals surface area contributed by atoms with Gasteiger partial charge in [0.2, 0.25) is 0 Å². The zero-order valence-corrected chi connectivity index (χ0v) is 31.0. The molecule has 10 rings (SSSR count). The first-order chi connectivity index (χ1) is 26.5. The Morgan fingerprint density at radius 3 is 1.61 bits per heavy atom. The van der Waals surface area contributed by atoms with Crippen LogP contribution >= 0.6 is 0 Å². The Hall–Kier alpha value is -6.44. The fraction of sp³-hybridized carbons (Fsp3) is 0.0943. The van der Waals surface area contributed by atoms with Gasteiger partial charge in [-0.05, 0) is 110 Å². The fourth-order valence-corrected chi connectivity index (χ4v) is 9.96. The number of allylic oxidation sites excluding steroid dienone is 5. The SMILES string of the molecule is C=C/C=C1\C(=C/C)c2ccc(N(c3ccc4c(c3)C(C)(C)c3ccccc3-4)c3ccccc3-c3ccccc3)cc2C12c1ccccc1-c1ccccc12. The van der Waals surface area contributed by atoms with Crippen LogP contribution in [0.15, 0.2) is 194 Å². The number of fused-ring (bicyclic) bond motifs is 10. The average molecular weight is 692 g/mol. The Balaban J connectivity index is 1.27. The van der Waals surface area contributed by atoms with Gasteiger partial charge in [0.25, 0.3) is 0 Å². The van der Waals surface area contributed by atoms with Crippen molar-refractivity contribution in [3.8, 4) is 33.4 Å². The third-order valence-electron chi connectivity index (χ3n) is 12.2. The lowest BCUT2D eigenvalue weighted by Gasteiger charge is -2.33. The molecule has 1 heteroatoms. The summed E-state index contributed by atoms with van der Waals surface area (Å²) >= 11 is 0. The summed E-state index contributed by atoms with van der Waals surface area (Å²) in [5, 5.41) is 0. The molecule has 0 atom stereocenters. The maximum absolute atomic E-state index is 4.23. The van der Waals surface area contributed by atoms with Crippen molar-refractivity contribution >= 4 is 22.6 Å². The van der Waals surface area contributed by atoms with E-state index in [1.807, 2.05) is 6.08 Å². The summed E-state index contributed by atoms with van der Waals surface area (Å²) in [7, 11) is 0. The van der Waals surface area contributed by atoms with E-state index in [9.17, 15) is 0 Å². The third-order valence-corrected chi connectivity index (χ3v) is 12.2. The maximum atomic E-state index is 4.23. The van der Waals surface area contributed by atoms with Gasteiger partial charge in [-0.25, -0.2) is 0 Å². The minimum absolute atomic E-state index is 0.128. The van der Waals surface area contributed by atoms with Gasteiger partial charge in [-0.3, -0.25) is 0 Å². The van der Waals surface area contributed by atoms with Crippen LogP contribution in [0.1, 0.15) is 54.2 Å². The summed E-state index contributed by atoms with van der Waals surface area (Å²) in [4.78, 5) is 2.49. The predicted molar refractivity (Wildman–Crippen MR) is 228 cm³/mol. The van der Waals surface area contributed by atoms with Crippen LogP contribution < -0.4 is 4.90 Å². The predicted octanol–water partition coefficient (Wildman–Crippen LogP) is 14.0. The molecule has 0 fully saturated rings. The molecule has 3 aliphatic carbocycles. The van der Waals surface area contributed by atoms with Crippen LogP contribution in [0, 0.1) is 0 Å². The van der Waals surface area contributed by atoms with Crippen molar-refractivity contribution in [2.75, 3.05) is 4.90 Å². The summed E-state index contributed by atoms with van der Waals surface area (Å²) in [6, 6.07) is 60.8. The zero-order chi connectivity index (χ0) is 36.6. The first-order valence-corrected chi connectivity index (χ1v) is 19.0. The quantitative estimate of drug-likeness (QED) is 0.174. The zero-order valence-electron chi connectivity index (χ0n) is 31.0. The molecule has 0 saturated carbocycles. The van der Waals surface area contributed by atoms with E-state index in [2.05, 4.69) is 208 Å². The van der Waals surface area contributed by atoms with E-state index in [0.29, 0.717) is 0 Å². The lowest BCUT2D eigenvalue weighted by molar-refractivity contribution is 0.660. The molecule has 7 aromatic carbocycles. The van der Waals surface area contributed by atoms with Gasteiger partial charge >= 0.3 is 0 Å². The second kappa shape index (κ2) is 12.0. The molecule has 0 radical (unpaired) electrons. The van der Waals surface area contributed by atoms with Gasteiger partial charge in [0.1, 0.15) is 0 Å². The first-order valence-electron chi connectivity index (χ1n) is 19.0. The average Bonchev–Trinajstić information content (AvgIpc) is 3.76. The second-order valence-electron chi connectivity index (χ2n) is 15.2. The lowest BCUT2D eigenvalue weighted by atomic mass is 9.70. The van der Waals surface area contributed by atoms with Gasteiger partial charge in [-0.2, -0.15) is 0 Å². The van der Waals surface area contributed by atoms with Crippen LogP contribution in [0.5, 0.6) is 0 Å². The molecule has 7 aromatic rings. The highest BCUT2D eigenvalue weighted by Crippen LogP contribution is 2.64. The molecule has 0 amide bonds. The Morgan fingerprint density at radius 1 is 0.481 bits per heavy atom.